The Bertz CT molecular complexity index is 1230. The Morgan fingerprint density at radius 2 is 1.74 bits per heavy atom. The van der Waals surface area contributed by atoms with E-state index in [2.05, 4.69) is 10.3 Å². The van der Waals surface area contributed by atoms with Crippen LogP contribution in [0.5, 0.6) is 0 Å². The van der Waals surface area contributed by atoms with Crippen LogP contribution in [-0.2, 0) is 21.1 Å². The van der Waals surface area contributed by atoms with Crippen molar-refractivity contribution in [3.8, 4) is 0 Å². The van der Waals surface area contributed by atoms with Crippen LogP contribution in [0.25, 0.3) is 0 Å². The molecule has 4 rings (SSSR count). The van der Waals surface area contributed by atoms with E-state index in [-0.39, 0.29) is 36.1 Å². The first-order valence-corrected chi connectivity index (χ1v) is 13.2. The van der Waals surface area contributed by atoms with E-state index in [1.807, 2.05) is 30.3 Å². The van der Waals surface area contributed by atoms with Gasteiger partial charge in [-0.25, -0.2) is 8.42 Å². The summed E-state index contributed by atoms with van der Waals surface area (Å²) in [5.74, 6) is -0.598. The molecule has 1 aromatic heterocycles. The highest BCUT2D eigenvalue weighted by atomic mass is 32.2. The van der Waals surface area contributed by atoms with Crippen LogP contribution in [0.2, 0.25) is 0 Å². The number of Topliss-reactive ketones (excluding diaryl/α,β-unsaturated/α-hetero) is 1. The lowest BCUT2D eigenvalue weighted by Crippen LogP contribution is -2.27. The molecule has 1 fully saturated rings. The van der Waals surface area contributed by atoms with E-state index in [4.69, 9.17) is 0 Å². The molecule has 0 bridgehead atoms. The van der Waals surface area contributed by atoms with Gasteiger partial charge in [0.15, 0.2) is 15.6 Å². The molecule has 0 unspecified atom stereocenters. The molecule has 1 aliphatic rings. The molecule has 0 saturated heterocycles. The molecule has 0 aliphatic heterocycles. The van der Waals surface area contributed by atoms with Crippen molar-refractivity contribution < 1.29 is 19.4 Å². The van der Waals surface area contributed by atoms with Gasteiger partial charge in [-0.1, -0.05) is 36.8 Å². The van der Waals surface area contributed by atoms with Crippen LogP contribution in [0, 0.1) is 11.8 Å². The third kappa shape index (κ3) is 6.17. The van der Waals surface area contributed by atoms with Gasteiger partial charge in [0.1, 0.15) is 0 Å². The van der Waals surface area contributed by atoms with Gasteiger partial charge in [-0.3, -0.25) is 14.6 Å². The van der Waals surface area contributed by atoms with Crippen LogP contribution < -0.4 is 5.32 Å². The molecule has 1 aliphatic carbocycles. The topological polar surface area (TPSA) is 93.2 Å². The number of pyridine rings is 1. The Balaban J connectivity index is 0.00000342. The van der Waals surface area contributed by atoms with E-state index in [1.165, 1.54) is 18.3 Å². The average Bonchev–Trinajstić information content (AvgIpc) is 2.82. The maximum atomic E-state index is 13.2. The second-order valence-electron chi connectivity index (χ2n) is 8.85. The van der Waals surface area contributed by atoms with E-state index >= 15 is 0 Å². The Morgan fingerprint density at radius 1 is 1.00 bits per heavy atom. The molecule has 178 valence electrons. The van der Waals surface area contributed by atoms with Crippen LogP contribution in [0.4, 0.5) is 5.69 Å². The van der Waals surface area contributed by atoms with Crippen molar-refractivity contribution in [2.45, 2.75) is 37.0 Å². The van der Waals surface area contributed by atoms with Gasteiger partial charge < -0.3 is 5.32 Å². The number of sulfone groups is 1. The largest absolute Gasteiger partial charge is 0.326 e. The summed E-state index contributed by atoms with van der Waals surface area (Å²) in [7, 11) is -3.33. The molecule has 1 atom stereocenters. The van der Waals surface area contributed by atoms with Gasteiger partial charge in [0.25, 0.3) is 0 Å². The zero-order chi connectivity index (χ0) is 24.0. The number of ketones is 1. The summed E-state index contributed by atoms with van der Waals surface area (Å²) in [5.41, 5.74) is 1.92. The van der Waals surface area contributed by atoms with Crippen LogP contribution >= 0.6 is 0 Å². The van der Waals surface area contributed by atoms with Crippen molar-refractivity contribution in [2.75, 3.05) is 11.1 Å². The highest BCUT2D eigenvalue weighted by Crippen LogP contribution is 2.30. The maximum absolute atomic E-state index is 13.2. The SMILES string of the molecule is O=C(C[C@@H](Cc1ccccc1)C(=O)Nc1ccc(S(=O)(=O)CC2CCC2)cc1)c1cccnc1.[HH]. The highest BCUT2D eigenvalue weighted by Gasteiger charge is 2.26. The van der Waals surface area contributed by atoms with Crippen molar-refractivity contribution in [1.82, 2.24) is 4.98 Å². The number of amides is 1. The fourth-order valence-corrected chi connectivity index (χ4v) is 5.78. The van der Waals surface area contributed by atoms with Gasteiger partial charge in [0, 0.05) is 37.4 Å². The summed E-state index contributed by atoms with van der Waals surface area (Å²) in [4.78, 5) is 30.2. The number of aromatic nitrogens is 1. The molecule has 7 heteroatoms. The molecule has 3 aromatic rings. The summed E-state index contributed by atoms with van der Waals surface area (Å²) >= 11 is 0. The summed E-state index contributed by atoms with van der Waals surface area (Å²) < 4.78 is 25.2. The first kappa shape index (κ1) is 23.8. The molecule has 6 nitrogen and oxygen atoms in total. The smallest absolute Gasteiger partial charge is 0.228 e. The second-order valence-corrected chi connectivity index (χ2v) is 10.9. The summed E-state index contributed by atoms with van der Waals surface area (Å²) in [6, 6.07) is 19.2. The van der Waals surface area contributed by atoms with E-state index < -0.39 is 15.8 Å². The van der Waals surface area contributed by atoms with Crippen LogP contribution in [0.3, 0.4) is 0 Å². The third-order valence-corrected chi connectivity index (χ3v) is 8.17. The molecule has 2 aromatic carbocycles. The molecule has 0 radical (unpaired) electrons. The van der Waals surface area contributed by atoms with Crippen molar-refractivity contribution in [1.29, 1.82) is 0 Å². The van der Waals surface area contributed by atoms with Crippen molar-refractivity contribution in [2.24, 2.45) is 11.8 Å². The molecule has 1 saturated carbocycles. The van der Waals surface area contributed by atoms with Gasteiger partial charge in [-0.05, 0) is 67.1 Å². The number of carbonyl (C=O) groups excluding carboxylic acids is 2. The van der Waals surface area contributed by atoms with Crippen LogP contribution in [0.1, 0.15) is 43.0 Å². The molecular formula is C27H30N2O4S. The monoisotopic (exact) mass is 478 g/mol. The van der Waals surface area contributed by atoms with E-state index in [0.29, 0.717) is 17.7 Å². The number of rotatable bonds is 10. The quantitative estimate of drug-likeness (QED) is 0.415. The van der Waals surface area contributed by atoms with Gasteiger partial charge >= 0.3 is 0 Å². The van der Waals surface area contributed by atoms with Crippen molar-refractivity contribution >= 4 is 27.2 Å². The van der Waals surface area contributed by atoms with E-state index in [9.17, 15) is 18.0 Å². The Labute approximate surface area is 201 Å². The van der Waals surface area contributed by atoms with Gasteiger partial charge in [-0.15, -0.1) is 0 Å². The minimum Gasteiger partial charge on any atom is -0.326 e. The van der Waals surface area contributed by atoms with Gasteiger partial charge in [0.05, 0.1) is 10.6 Å². The minimum atomic E-state index is -3.33. The summed E-state index contributed by atoms with van der Waals surface area (Å²) in [6.45, 7) is 0. The van der Waals surface area contributed by atoms with Gasteiger partial charge in [0.2, 0.25) is 5.91 Å². The molecule has 1 heterocycles. The zero-order valence-corrected chi connectivity index (χ0v) is 19.7. The maximum Gasteiger partial charge on any atom is 0.228 e. The fourth-order valence-electron chi connectivity index (χ4n) is 4.08. The summed E-state index contributed by atoms with van der Waals surface area (Å²) in [5, 5.41) is 2.86. The predicted molar refractivity (Wildman–Crippen MR) is 133 cm³/mol. The number of nitrogens with zero attached hydrogens (tertiary/aromatic N) is 1. The average molecular weight is 479 g/mol. The number of benzene rings is 2. The molecular weight excluding hydrogens is 448 g/mol. The zero-order valence-electron chi connectivity index (χ0n) is 18.9. The van der Waals surface area contributed by atoms with Crippen molar-refractivity contribution in [3.63, 3.8) is 0 Å². The van der Waals surface area contributed by atoms with Crippen LogP contribution in [-0.4, -0.2) is 30.8 Å². The lowest BCUT2D eigenvalue weighted by atomic mass is 9.87. The lowest BCUT2D eigenvalue weighted by molar-refractivity contribution is -0.119. The Morgan fingerprint density at radius 3 is 2.35 bits per heavy atom. The third-order valence-electron chi connectivity index (χ3n) is 6.27. The Kier molecular flexibility index (Phi) is 7.53. The molecule has 0 spiro atoms. The number of hydrogen-bond acceptors (Lipinski definition) is 5. The second kappa shape index (κ2) is 10.7. The van der Waals surface area contributed by atoms with Crippen LogP contribution in [0.15, 0.2) is 84.0 Å². The normalized spacial score (nSPS) is 14.7. The minimum absolute atomic E-state index is 0. The first-order chi connectivity index (χ1) is 16.4. The summed E-state index contributed by atoms with van der Waals surface area (Å²) in [6.07, 6.45) is 6.58. The number of hydrogen-bond donors (Lipinski definition) is 1. The molecule has 1 amide bonds. The molecule has 1 N–H and O–H groups in total. The molecule has 34 heavy (non-hydrogen) atoms. The first-order valence-electron chi connectivity index (χ1n) is 11.5. The number of anilines is 1. The lowest BCUT2D eigenvalue weighted by Gasteiger charge is -2.24. The highest BCUT2D eigenvalue weighted by molar-refractivity contribution is 7.91. The standard InChI is InChI=1S/C27H28N2O4S.H2/c30-26(22-10-5-15-28-18-22)17-23(16-20-6-2-1-3-7-20)27(31)29-24-11-13-25(14-12-24)34(32,33)19-21-8-4-9-21;/h1-3,5-7,10-15,18,21,23H,4,8-9,16-17,19H2,(H,29,31);1H/t23-;/m1./s1. The number of carbonyl (C=O) groups is 2. The van der Waals surface area contributed by atoms with E-state index in [0.717, 1.165) is 24.8 Å². The fraction of sp³-hybridized carbons (Fsp3) is 0.296. The number of nitrogens with one attached hydrogen (secondary N) is 1. The van der Waals surface area contributed by atoms with Crippen molar-refractivity contribution in [3.05, 3.63) is 90.3 Å². The van der Waals surface area contributed by atoms with E-state index in [1.54, 1.807) is 30.5 Å². The predicted octanol–water partition coefficient (Wildman–Crippen LogP) is 4.97. The van der Waals surface area contributed by atoms with Gasteiger partial charge in [-0.2, -0.15) is 0 Å². The Hall–Kier alpha value is -3.32.